The SMILES string of the molecule is CC1C=CC2CCCCC2C1C(=O)C1=CC2(O)C(C(=O)N3CCCCC3)CCN2C1=O. The van der Waals surface area contributed by atoms with E-state index in [-0.39, 0.29) is 35.0 Å². The lowest BCUT2D eigenvalue weighted by Gasteiger charge is -2.40. The van der Waals surface area contributed by atoms with Crippen LogP contribution in [0.5, 0.6) is 0 Å². The number of nitrogens with zero attached hydrogens (tertiary/aromatic N) is 2. The summed E-state index contributed by atoms with van der Waals surface area (Å²) in [5, 5.41) is 11.5. The van der Waals surface area contributed by atoms with Crippen LogP contribution in [0.1, 0.15) is 58.3 Å². The van der Waals surface area contributed by atoms with Gasteiger partial charge in [-0.25, -0.2) is 0 Å². The molecule has 5 aliphatic rings. The van der Waals surface area contributed by atoms with E-state index in [1.807, 2.05) is 4.90 Å². The van der Waals surface area contributed by atoms with Gasteiger partial charge in [0.15, 0.2) is 11.5 Å². The van der Waals surface area contributed by atoms with Crippen molar-refractivity contribution < 1.29 is 19.5 Å². The topological polar surface area (TPSA) is 77.9 Å². The Morgan fingerprint density at radius 2 is 1.74 bits per heavy atom. The first-order valence-corrected chi connectivity index (χ1v) is 12.2. The highest BCUT2D eigenvalue weighted by atomic mass is 16.3. The van der Waals surface area contributed by atoms with Crippen molar-refractivity contribution >= 4 is 17.6 Å². The Balaban J connectivity index is 1.42. The van der Waals surface area contributed by atoms with Crippen LogP contribution in [0.2, 0.25) is 0 Å². The molecular formula is C25H34N2O4. The van der Waals surface area contributed by atoms with Gasteiger partial charge in [0.05, 0.1) is 11.5 Å². The van der Waals surface area contributed by atoms with E-state index in [1.54, 1.807) is 0 Å². The molecule has 31 heavy (non-hydrogen) atoms. The summed E-state index contributed by atoms with van der Waals surface area (Å²) < 4.78 is 0. The molecule has 1 saturated carbocycles. The zero-order valence-electron chi connectivity index (χ0n) is 18.5. The molecule has 2 aliphatic carbocycles. The zero-order chi connectivity index (χ0) is 21.8. The number of ketones is 1. The normalized spacial score (nSPS) is 39.9. The molecular weight excluding hydrogens is 392 g/mol. The molecule has 3 heterocycles. The maximum atomic E-state index is 13.7. The first kappa shape index (κ1) is 20.9. The Bertz CT molecular complexity index is 842. The minimum Gasteiger partial charge on any atom is -0.366 e. The maximum Gasteiger partial charge on any atom is 0.259 e. The Morgan fingerprint density at radius 3 is 2.52 bits per heavy atom. The Hall–Kier alpha value is -1.95. The average molecular weight is 427 g/mol. The molecule has 3 fully saturated rings. The van der Waals surface area contributed by atoms with Gasteiger partial charge < -0.3 is 14.9 Å². The predicted molar refractivity (Wildman–Crippen MR) is 116 cm³/mol. The number of Topliss-reactive ketones (excluding diaryl/α,β-unsaturated/α-hetero) is 1. The van der Waals surface area contributed by atoms with Gasteiger partial charge in [-0.1, -0.05) is 31.9 Å². The molecule has 3 aliphatic heterocycles. The first-order valence-electron chi connectivity index (χ1n) is 12.2. The minimum atomic E-state index is -1.66. The van der Waals surface area contributed by atoms with Crippen molar-refractivity contribution in [2.75, 3.05) is 19.6 Å². The lowest BCUT2D eigenvalue weighted by molar-refractivity contribution is -0.152. The summed E-state index contributed by atoms with van der Waals surface area (Å²) in [5.41, 5.74) is -1.55. The van der Waals surface area contributed by atoms with E-state index in [1.165, 1.54) is 17.4 Å². The summed E-state index contributed by atoms with van der Waals surface area (Å²) in [6.45, 7) is 3.80. The summed E-state index contributed by atoms with van der Waals surface area (Å²) in [6.07, 6.45) is 13.8. The summed E-state index contributed by atoms with van der Waals surface area (Å²) in [7, 11) is 0. The van der Waals surface area contributed by atoms with Crippen LogP contribution in [-0.4, -0.2) is 57.9 Å². The lowest BCUT2D eigenvalue weighted by Crippen LogP contribution is -2.51. The van der Waals surface area contributed by atoms with Crippen LogP contribution in [0.25, 0.3) is 0 Å². The van der Waals surface area contributed by atoms with Crippen molar-refractivity contribution in [1.82, 2.24) is 9.80 Å². The van der Waals surface area contributed by atoms with E-state index in [2.05, 4.69) is 19.1 Å². The van der Waals surface area contributed by atoms with Crippen LogP contribution in [0, 0.1) is 29.6 Å². The van der Waals surface area contributed by atoms with E-state index in [0.29, 0.717) is 32.0 Å². The molecule has 168 valence electrons. The molecule has 0 bridgehead atoms. The summed E-state index contributed by atoms with van der Waals surface area (Å²) in [6, 6.07) is 0. The van der Waals surface area contributed by atoms with Gasteiger partial charge in [0.1, 0.15) is 0 Å². The van der Waals surface area contributed by atoms with E-state index >= 15 is 0 Å². The van der Waals surface area contributed by atoms with Gasteiger partial charge in [-0.2, -0.15) is 0 Å². The number of aliphatic hydroxyl groups is 1. The number of hydrogen-bond acceptors (Lipinski definition) is 4. The number of carbonyl (C=O) groups is 3. The van der Waals surface area contributed by atoms with Crippen LogP contribution >= 0.6 is 0 Å². The van der Waals surface area contributed by atoms with Crippen molar-refractivity contribution in [3.8, 4) is 0 Å². The second-order valence-electron chi connectivity index (χ2n) is 10.3. The molecule has 5 rings (SSSR count). The van der Waals surface area contributed by atoms with E-state index < -0.39 is 17.6 Å². The molecule has 6 heteroatoms. The first-order chi connectivity index (χ1) is 14.9. The van der Waals surface area contributed by atoms with Crippen molar-refractivity contribution in [3.63, 3.8) is 0 Å². The quantitative estimate of drug-likeness (QED) is 0.556. The fraction of sp³-hybridized carbons (Fsp3) is 0.720. The smallest absolute Gasteiger partial charge is 0.259 e. The van der Waals surface area contributed by atoms with Crippen LogP contribution < -0.4 is 0 Å². The molecule has 6 atom stereocenters. The van der Waals surface area contributed by atoms with Gasteiger partial charge in [-0.15, -0.1) is 0 Å². The number of amides is 2. The van der Waals surface area contributed by atoms with Crippen molar-refractivity contribution in [2.45, 2.75) is 64.0 Å². The Morgan fingerprint density at radius 1 is 1.00 bits per heavy atom. The van der Waals surface area contributed by atoms with Gasteiger partial charge in [0, 0.05) is 25.6 Å². The third kappa shape index (κ3) is 3.29. The standard InChI is InChI=1S/C25H34N2O4/c1-16-9-10-17-7-3-4-8-18(17)21(16)22(28)19-15-25(31)20(11-14-27(25)23(19)29)24(30)26-12-5-2-6-13-26/h9-10,15-18,20-21,31H,2-8,11-14H2,1H3. The van der Waals surface area contributed by atoms with E-state index in [9.17, 15) is 19.5 Å². The van der Waals surface area contributed by atoms with Crippen molar-refractivity contribution in [2.24, 2.45) is 29.6 Å². The molecule has 6 nitrogen and oxygen atoms in total. The number of hydrogen-bond donors (Lipinski definition) is 1. The average Bonchev–Trinajstić information content (AvgIpc) is 3.25. The van der Waals surface area contributed by atoms with Gasteiger partial charge in [0.2, 0.25) is 5.91 Å². The van der Waals surface area contributed by atoms with Crippen LogP contribution in [-0.2, 0) is 14.4 Å². The molecule has 0 aromatic heterocycles. The third-order valence-electron chi connectivity index (χ3n) is 8.52. The number of carbonyl (C=O) groups excluding carboxylic acids is 3. The maximum absolute atomic E-state index is 13.7. The molecule has 1 N–H and O–H groups in total. The van der Waals surface area contributed by atoms with Crippen molar-refractivity contribution in [1.29, 1.82) is 0 Å². The fourth-order valence-corrected chi connectivity index (χ4v) is 6.83. The molecule has 0 aromatic rings. The highest BCUT2D eigenvalue weighted by Crippen LogP contribution is 2.47. The largest absolute Gasteiger partial charge is 0.366 e. The zero-order valence-corrected chi connectivity index (χ0v) is 18.5. The predicted octanol–water partition coefficient (Wildman–Crippen LogP) is 2.67. The Kier molecular flexibility index (Phi) is 5.32. The van der Waals surface area contributed by atoms with Gasteiger partial charge >= 0.3 is 0 Å². The second kappa shape index (κ2) is 7.88. The summed E-state index contributed by atoms with van der Waals surface area (Å²) >= 11 is 0. The lowest BCUT2D eigenvalue weighted by atomic mass is 9.63. The van der Waals surface area contributed by atoms with E-state index in [0.717, 1.165) is 38.5 Å². The fourth-order valence-electron chi connectivity index (χ4n) is 6.83. The molecule has 2 amide bonds. The second-order valence-corrected chi connectivity index (χ2v) is 10.3. The monoisotopic (exact) mass is 426 g/mol. The Labute approximate surface area is 184 Å². The van der Waals surface area contributed by atoms with Crippen LogP contribution in [0.4, 0.5) is 0 Å². The highest BCUT2D eigenvalue weighted by Gasteiger charge is 2.58. The molecule has 0 spiro atoms. The number of rotatable bonds is 3. The van der Waals surface area contributed by atoms with Gasteiger partial charge in [-0.3, -0.25) is 14.4 Å². The van der Waals surface area contributed by atoms with E-state index in [4.69, 9.17) is 0 Å². The number of fused-ring (bicyclic) bond motifs is 2. The molecule has 6 unspecified atom stereocenters. The van der Waals surface area contributed by atoms with Crippen LogP contribution in [0.15, 0.2) is 23.8 Å². The third-order valence-corrected chi connectivity index (χ3v) is 8.52. The summed E-state index contributed by atoms with van der Waals surface area (Å²) in [4.78, 5) is 43.3. The number of allylic oxidation sites excluding steroid dienone is 2. The van der Waals surface area contributed by atoms with Crippen molar-refractivity contribution in [3.05, 3.63) is 23.8 Å². The number of piperidine rings is 1. The van der Waals surface area contributed by atoms with Crippen LogP contribution in [0.3, 0.4) is 0 Å². The number of likely N-dealkylation sites (tertiary alicyclic amines) is 1. The van der Waals surface area contributed by atoms with Gasteiger partial charge in [-0.05, 0) is 62.4 Å². The minimum absolute atomic E-state index is 0.0799. The summed E-state index contributed by atoms with van der Waals surface area (Å²) in [5.74, 6) is -0.740. The molecule has 2 saturated heterocycles. The van der Waals surface area contributed by atoms with Gasteiger partial charge in [0.25, 0.3) is 5.91 Å². The molecule has 0 aromatic carbocycles. The highest BCUT2D eigenvalue weighted by molar-refractivity contribution is 6.22. The molecule has 0 radical (unpaired) electrons.